The fourth-order valence-corrected chi connectivity index (χ4v) is 2.36. The molecule has 0 aliphatic carbocycles. The SMILES string of the molecule is CCNC1CCN(CCC(=O)N(CC)CC)C1=O. The Morgan fingerprint density at radius 3 is 2.61 bits per heavy atom. The molecule has 0 radical (unpaired) electrons. The van der Waals surface area contributed by atoms with Gasteiger partial charge in [0.25, 0.3) is 0 Å². The highest BCUT2D eigenvalue weighted by Gasteiger charge is 2.30. The molecule has 0 bridgehead atoms. The van der Waals surface area contributed by atoms with E-state index in [9.17, 15) is 9.59 Å². The van der Waals surface area contributed by atoms with Gasteiger partial charge in [-0.05, 0) is 26.8 Å². The number of carbonyl (C=O) groups is 2. The van der Waals surface area contributed by atoms with Crippen LogP contribution in [0.2, 0.25) is 0 Å². The van der Waals surface area contributed by atoms with Gasteiger partial charge in [0.05, 0.1) is 6.04 Å². The van der Waals surface area contributed by atoms with Crippen molar-refractivity contribution in [2.75, 3.05) is 32.7 Å². The first-order valence-corrected chi connectivity index (χ1v) is 6.93. The van der Waals surface area contributed by atoms with Gasteiger partial charge in [-0.2, -0.15) is 0 Å². The zero-order valence-electron chi connectivity index (χ0n) is 11.7. The third-order valence-corrected chi connectivity index (χ3v) is 3.46. The zero-order valence-corrected chi connectivity index (χ0v) is 11.7. The number of likely N-dealkylation sites (tertiary alicyclic amines) is 1. The molecule has 5 heteroatoms. The second kappa shape index (κ2) is 7.36. The summed E-state index contributed by atoms with van der Waals surface area (Å²) in [6.45, 7) is 9.56. The number of hydrogen-bond acceptors (Lipinski definition) is 3. The van der Waals surface area contributed by atoms with Crippen molar-refractivity contribution in [3.63, 3.8) is 0 Å². The van der Waals surface area contributed by atoms with E-state index in [1.807, 2.05) is 25.7 Å². The van der Waals surface area contributed by atoms with Crippen molar-refractivity contribution in [2.24, 2.45) is 0 Å². The average molecular weight is 255 g/mol. The Morgan fingerprint density at radius 2 is 2.06 bits per heavy atom. The van der Waals surface area contributed by atoms with Crippen LogP contribution < -0.4 is 5.32 Å². The molecule has 0 spiro atoms. The third-order valence-electron chi connectivity index (χ3n) is 3.46. The van der Waals surface area contributed by atoms with Gasteiger partial charge in [0, 0.05) is 32.6 Å². The van der Waals surface area contributed by atoms with E-state index in [2.05, 4.69) is 5.32 Å². The molecule has 1 atom stereocenters. The van der Waals surface area contributed by atoms with Gasteiger partial charge in [-0.25, -0.2) is 0 Å². The van der Waals surface area contributed by atoms with Crippen molar-refractivity contribution in [2.45, 2.75) is 39.7 Å². The molecule has 1 aliphatic rings. The molecular weight excluding hydrogens is 230 g/mol. The Hall–Kier alpha value is -1.10. The van der Waals surface area contributed by atoms with Crippen LogP contribution in [-0.2, 0) is 9.59 Å². The summed E-state index contributed by atoms with van der Waals surface area (Å²) < 4.78 is 0. The van der Waals surface area contributed by atoms with E-state index in [0.29, 0.717) is 13.0 Å². The van der Waals surface area contributed by atoms with E-state index >= 15 is 0 Å². The Balaban J connectivity index is 2.36. The van der Waals surface area contributed by atoms with E-state index in [1.165, 1.54) is 0 Å². The van der Waals surface area contributed by atoms with Crippen LogP contribution in [0.4, 0.5) is 0 Å². The maximum Gasteiger partial charge on any atom is 0.239 e. The van der Waals surface area contributed by atoms with Crippen molar-refractivity contribution >= 4 is 11.8 Å². The topological polar surface area (TPSA) is 52.7 Å². The lowest BCUT2D eigenvalue weighted by Gasteiger charge is -2.21. The predicted molar refractivity (Wildman–Crippen MR) is 71.2 cm³/mol. The number of nitrogens with zero attached hydrogens (tertiary/aromatic N) is 2. The summed E-state index contributed by atoms with van der Waals surface area (Å²) in [6.07, 6.45) is 1.29. The van der Waals surface area contributed by atoms with E-state index < -0.39 is 0 Å². The second-order valence-electron chi connectivity index (χ2n) is 4.54. The van der Waals surface area contributed by atoms with Gasteiger partial charge in [0.2, 0.25) is 11.8 Å². The van der Waals surface area contributed by atoms with Crippen molar-refractivity contribution in [3.8, 4) is 0 Å². The third kappa shape index (κ3) is 3.70. The number of likely N-dealkylation sites (N-methyl/N-ethyl adjacent to an activating group) is 1. The summed E-state index contributed by atoms with van der Waals surface area (Å²) >= 11 is 0. The molecular formula is C13H25N3O2. The van der Waals surface area contributed by atoms with Crippen LogP contribution >= 0.6 is 0 Å². The smallest absolute Gasteiger partial charge is 0.239 e. The Labute approximate surface area is 110 Å². The van der Waals surface area contributed by atoms with E-state index in [-0.39, 0.29) is 17.9 Å². The van der Waals surface area contributed by atoms with Crippen LogP contribution in [0.15, 0.2) is 0 Å². The minimum absolute atomic E-state index is 0.0430. The summed E-state index contributed by atoms with van der Waals surface area (Å²) in [7, 11) is 0. The van der Waals surface area contributed by atoms with Gasteiger partial charge in [-0.3, -0.25) is 9.59 Å². The average Bonchev–Trinajstić information content (AvgIpc) is 2.70. The van der Waals surface area contributed by atoms with Crippen LogP contribution in [0.3, 0.4) is 0 Å². The van der Waals surface area contributed by atoms with E-state index in [0.717, 1.165) is 32.6 Å². The van der Waals surface area contributed by atoms with E-state index in [1.54, 1.807) is 4.90 Å². The van der Waals surface area contributed by atoms with Crippen LogP contribution in [-0.4, -0.2) is 60.4 Å². The Bertz CT molecular complexity index is 290. The molecule has 1 saturated heterocycles. The van der Waals surface area contributed by atoms with Crippen LogP contribution in [0, 0.1) is 0 Å². The standard InChI is InChI=1S/C13H25N3O2/c1-4-14-11-7-9-16(13(11)18)10-8-12(17)15(5-2)6-3/h11,14H,4-10H2,1-3H3. The van der Waals surface area contributed by atoms with Crippen molar-refractivity contribution in [1.29, 1.82) is 0 Å². The largest absolute Gasteiger partial charge is 0.343 e. The first kappa shape index (κ1) is 15.0. The predicted octanol–water partition coefficient (Wildman–Crippen LogP) is 0.455. The molecule has 5 nitrogen and oxygen atoms in total. The maximum absolute atomic E-state index is 12.0. The molecule has 1 heterocycles. The molecule has 0 aromatic carbocycles. The van der Waals surface area contributed by atoms with E-state index in [4.69, 9.17) is 0 Å². The van der Waals surface area contributed by atoms with Crippen LogP contribution in [0.5, 0.6) is 0 Å². The highest BCUT2D eigenvalue weighted by atomic mass is 16.2. The number of amides is 2. The normalized spacial score (nSPS) is 19.4. The summed E-state index contributed by atoms with van der Waals surface area (Å²) in [5.74, 6) is 0.281. The zero-order chi connectivity index (χ0) is 13.5. The fraction of sp³-hybridized carbons (Fsp3) is 0.846. The molecule has 104 valence electrons. The van der Waals surface area contributed by atoms with Gasteiger partial charge in [0.1, 0.15) is 0 Å². The minimum atomic E-state index is -0.0430. The lowest BCUT2D eigenvalue weighted by Crippen LogP contribution is -2.40. The number of rotatable bonds is 7. The molecule has 0 aromatic heterocycles. The lowest BCUT2D eigenvalue weighted by molar-refractivity contribution is -0.133. The minimum Gasteiger partial charge on any atom is -0.343 e. The van der Waals surface area contributed by atoms with Crippen molar-refractivity contribution in [1.82, 2.24) is 15.1 Å². The Kier molecular flexibility index (Phi) is 6.12. The number of nitrogens with one attached hydrogen (secondary N) is 1. The summed E-state index contributed by atoms with van der Waals surface area (Å²) in [5, 5.41) is 3.17. The molecule has 1 unspecified atom stereocenters. The first-order valence-electron chi connectivity index (χ1n) is 6.93. The molecule has 1 N–H and O–H groups in total. The fourth-order valence-electron chi connectivity index (χ4n) is 2.36. The molecule has 2 amide bonds. The monoisotopic (exact) mass is 255 g/mol. The van der Waals surface area contributed by atoms with Gasteiger partial charge in [-0.1, -0.05) is 6.92 Å². The molecule has 1 aliphatic heterocycles. The summed E-state index contributed by atoms with van der Waals surface area (Å²) in [5.41, 5.74) is 0. The molecule has 0 aromatic rings. The number of carbonyl (C=O) groups excluding carboxylic acids is 2. The van der Waals surface area contributed by atoms with Gasteiger partial charge < -0.3 is 15.1 Å². The lowest BCUT2D eigenvalue weighted by atomic mass is 10.2. The molecule has 18 heavy (non-hydrogen) atoms. The van der Waals surface area contributed by atoms with Crippen molar-refractivity contribution in [3.05, 3.63) is 0 Å². The van der Waals surface area contributed by atoms with Crippen molar-refractivity contribution < 1.29 is 9.59 Å². The highest BCUT2D eigenvalue weighted by molar-refractivity contribution is 5.84. The summed E-state index contributed by atoms with van der Waals surface area (Å²) in [4.78, 5) is 27.4. The molecule has 1 rings (SSSR count). The van der Waals surface area contributed by atoms with Crippen LogP contribution in [0.25, 0.3) is 0 Å². The highest BCUT2D eigenvalue weighted by Crippen LogP contribution is 2.11. The Morgan fingerprint density at radius 1 is 1.39 bits per heavy atom. The number of hydrogen-bond donors (Lipinski definition) is 1. The maximum atomic E-state index is 12.0. The molecule has 1 fully saturated rings. The quantitative estimate of drug-likeness (QED) is 0.719. The summed E-state index contributed by atoms with van der Waals surface area (Å²) in [6, 6.07) is -0.0430. The first-order chi connectivity index (χ1) is 8.63. The second-order valence-corrected chi connectivity index (χ2v) is 4.54. The molecule has 0 saturated carbocycles. The van der Waals surface area contributed by atoms with Crippen LogP contribution in [0.1, 0.15) is 33.6 Å². The van der Waals surface area contributed by atoms with Gasteiger partial charge in [0.15, 0.2) is 0 Å². The van der Waals surface area contributed by atoms with Gasteiger partial charge >= 0.3 is 0 Å². The van der Waals surface area contributed by atoms with Gasteiger partial charge in [-0.15, -0.1) is 0 Å².